The Morgan fingerprint density at radius 1 is 0.684 bits per heavy atom. The third-order valence-corrected chi connectivity index (χ3v) is 8.04. The first kappa shape index (κ1) is 25.7. The van der Waals surface area contributed by atoms with Crippen LogP contribution in [0.25, 0.3) is 22.3 Å². The normalized spacial score (nSPS) is 20.6. The average Bonchev–Trinajstić information content (AvgIpc) is 3.24. The fourth-order valence-corrected chi connectivity index (χ4v) is 5.83. The molecule has 1 unspecified atom stereocenters. The number of carbonyl (C=O) groups excluding carboxylic acids is 2. The molecule has 0 aliphatic carbocycles. The SMILES string of the molecule is CC1S[C@H](COC(=O)c2ccc(-c3ccccc3)cc2)[C@@H](OC(=O)c2ccc(-c3ccccc3)cc2)[C@@H]1F. The molecule has 4 atom stereocenters. The van der Waals surface area contributed by atoms with Crippen LogP contribution >= 0.6 is 11.8 Å². The van der Waals surface area contributed by atoms with E-state index in [1.165, 1.54) is 11.8 Å². The highest BCUT2D eigenvalue weighted by molar-refractivity contribution is 8.00. The second kappa shape index (κ2) is 11.7. The highest BCUT2D eigenvalue weighted by atomic mass is 32.2. The molecule has 0 bridgehead atoms. The van der Waals surface area contributed by atoms with Crippen molar-refractivity contribution in [2.45, 2.75) is 29.7 Å². The van der Waals surface area contributed by atoms with Gasteiger partial charge in [-0.1, -0.05) is 91.9 Å². The maximum atomic E-state index is 15.0. The second-order valence-corrected chi connectivity index (χ2v) is 10.8. The van der Waals surface area contributed by atoms with Gasteiger partial charge in [-0.15, -0.1) is 11.8 Å². The lowest BCUT2D eigenvalue weighted by Gasteiger charge is -2.21. The number of carbonyl (C=O) groups is 2. The van der Waals surface area contributed by atoms with Crippen LogP contribution in [0.2, 0.25) is 0 Å². The molecule has 4 aromatic rings. The molecule has 5 rings (SSSR count). The first-order valence-corrected chi connectivity index (χ1v) is 13.4. The van der Waals surface area contributed by atoms with E-state index < -0.39 is 29.5 Å². The van der Waals surface area contributed by atoms with Crippen molar-refractivity contribution >= 4 is 23.7 Å². The Kier molecular flexibility index (Phi) is 7.89. The van der Waals surface area contributed by atoms with Gasteiger partial charge < -0.3 is 9.47 Å². The minimum atomic E-state index is -1.36. The van der Waals surface area contributed by atoms with Gasteiger partial charge in [-0.25, -0.2) is 14.0 Å². The van der Waals surface area contributed by atoms with Crippen molar-refractivity contribution in [3.05, 3.63) is 120 Å². The van der Waals surface area contributed by atoms with Crippen molar-refractivity contribution in [3.8, 4) is 22.3 Å². The third-order valence-electron chi connectivity index (χ3n) is 6.60. The Morgan fingerprint density at radius 3 is 1.63 bits per heavy atom. The van der Waals surface area contributed by atoms with Gasteiger partial charge in [0.2, 0.25) is 0 Å². The van der Waals surface area contributed by atoms with E-state index in [1.807, 2.05) is 84.9 Å². The first-order chi connectivity index (χ1) is 18.5. The second-order valence-electron chi connectivity index (χ2n) is 9.18. The zero-order valence-corrected chi connectivity index (χ0v) is 21.6. The van der Waals surface area contributed by atoms with Crippen molar-refractivity contribution in [3.63, 3.8) is 0 Å². The Hall–Kier alpha value is -3.90. The zero-order valence-electron chi connectivity index (χ0n) is 20.8. The molecule has 0 spiro atoms. The van der Waals surface area contributed by atoms with Crippen molar-refractivity contribution < 1.29 is 23.5 Å². The molecular formula is C32H27FO4S. The number of ether oxygens (including phenoxy) is 2. The summed E-state index contributed by atoms with van der Waals surface area (Å²) >= 11 is 1.33. The fraction of sp³-hybridized carbons (Fsp3) is 0.188. The standard InChI is InChI=1S/C32H27FO4S/c1-21-29(33)30(37-32(35)27-18-14-25(15-19-27)23-10-6-3-7-11-23)28(38-21)20-36-31(34)26-16-12-24(13-17-26)22-8-4-2-5-9-22/h2-19,21,28-30H,20H2,1H3/t21?,28-,29-,30-/m1/s1. The average molecular weight is 527 g/mol. The zero-order chi connectivity index (χ0) is 26.5. The summed E-state index contributed by atoms with van der Waals surface area (Å²) in [5.74, 6) is -1.10. The molecule has 1 aliphatic rings. The molecule has 1 saturated heterocycles. The summed E-state index contributed by atoms with van der Waals surface area (Å²) < 4.78 is 26.1. The predicted octanol–water partition coefficient (Wildman–Crippen LogP) is 7.25. The number of hydrogen-bond donors (Lipinski definition) is 0. The van der Waals surface area contributed by atoms with Gasteiger partial charge in [-0.3, -0.25) is 0 Å². The molecular weight excluding hydrogens is 499 g/mol. The lowest BCUT2D eigenvalue weighted by molar-refractivity contribution is 0.00209. The van der Waals surface area contributed by atoms with Gasteiger partial charge in [-0.2, -0.15) is 0 Å². The lowest BCUT2D eigenvalue weighted by atomic mass is 10.0. The molecule has 0 amide bonds. The summed E-state index contributed by atoms with van der Waals surface area (Å²) in [6.45, 7) is 1.69. The van der Waals surface area contributed by atoms with Gasteiger partial charge in [0, 0.05) is 5.25 Å². The maximum absolute atomic E-state index is 15.0. The highest BCUT2D eigenvalue weighted by Gasteiger charge is 2.45. The first-order valence-electron chi connectivity index (χ1n) is 12.5. The van der Waals surface area contributed by atoms with E-state index in [1.54, 1.807) is 31.2 Å². The van der Waals surface area contributed by atoms with Gasteiger partial charge in [0.25, 0.3) is 0 Å². The van der Waals surface area contributed by atoms with Gasteiger partial charge in [0.15, 0.2) is 0 Å². The van der Waals surface area contributed by atoms with E-state index >= 15 is 4.39 Å². The molecule has 0 N–H and O–H groups in total. The van der Waals surface area contributed by atoms with Crippen LogP contribution in [-0.4, -0.2) is 41.3 Å². The van der Waals surface area contributed by atoms with Crippen LogP contribution in [-0.2, 0) is 9.47 Å². The van der Waals surface area contributed by atoms with E-state index in [0.29, 0.717) is 11.1 Å². The molecule has 0 saturated carbocycles. The summed E-state index contributed by atoms with van der Waals surface area (Å²) in [5.41, 5.74) is 4.80. The van der Waals surface area contributed by atoms with Gasteiger partial charge in [-0.05, 0) is 46.5 Å². The summed E-state index contributed by atoms with van der Waals surface area (Å²) in [6, 6.07) is 33.9. The van der Waals surface area contributed by atoms with E-state index in [0.717, 1.165) is 22.3 Å². The quantitative estimate of drug-likeness (QED) is 0.238. The van der Waals surface area contributed by atoms with Crippen LogP contribution < -0.4 is 0 Å². The van der Waals surface area contributed by atoms with Gasteiger partial charge in [0.1, 0.15) is 18.9 Å². The number of benzene rings is 4. The molecule has 6 heteroatoms. The predicted molar refractivity (Wildman–Crippen MR) is 149 cm³/mol. The Balaban J connectivity index is 1.20. The smallest absolute Gasteiger partial charge is 0.338 e. The molecule has 192 valence electrons. The number of thioether (sulfide) groups is 1. The monoisotopic (exact) mass is 526 g/mol. The van der Waals surface area contributed by atoms with E-state index in [-0.39, 0.29) is 11.9 Å². The third kappa shape index (κ3) is 5.81. The molecule has 4 nitrogen and oxygen atoms in total. The minimum absolute atomic E-state index is 0.0560. The number of rotatable bonds is 7. The highest BCUT2D eigenvalue weighted by Crippen LogP contribution is 2.38. The van der Waals surface area contributed by atoms with Crippen molar-refractivity contribution in [2.24, 2.45) is 0 Å². The Morgan fingerprint density at radius 2 is 1.13 bits per heavy atom. The number of alkyl halides is 1. The number of hydrogen-bond acceptors (Lipinski definition) is 5. The molecule has 1 aliphatic heterocycles. The summed E-state index contributed by atoms with van der Waals surface area (Å²) in [4.78, 5) is 25.5. The maximum Gasteiger partial charge on any atom is 0.338 e. The molecule has 1 heterocycles. The van der Waals surface area contributed by atoms with E-state index in [2.05, 4.69) is 0 Å². The van der Waals surface area contributed by atoms with Crippen LogP contribution in [0.4, 0.5) is 4.39 Å². The minimum Gasteiger partial charge on any atom is -0.461 e. The van der Waals surface area contributed by atoms with E-state index in [9.17, 15) is 9.59 Å². The number of esters is 2. The summed E-state index contributed by atoms with van der Waals surface area (Å²) in [5, 5.41) is -0.887. The van der Waals surface area contributed by atoms with Crippen LogP contribution in [0.15, 0.2) is 109 Å². The Labute approximate surface area is 225 Å². The van der Waals surface area contributed by atoms with Gasteiger partial charge in [0.05, 0.1) is 16.4 Å². The van der Waals surface area contributed by atoms with Crippen molar-refractivity contribution in [2.75, 3.05) is 6.61 Å². The van der Waals surface area contributed by atoms with Crippen LogP contribution in [0.5, 0.6) is 0 Å². The summed E-state index contributed by atoms with van der Waals surface area (Å²) in [7, 11) is 0. The van der Waals surface area contributed by atoms with Crippen LogP contribution in [0.3, 0.4) is 0 Å². The largest absolute Gasteiger partial charge is 0.461 e. The lowest BCUT2D eigenvalue weighted by Crippen LogP contribution is -2.36. The molecule has 0 aromatic heterocycles. The summed E-state index contributed by atoms with van der Waals surface area (Å²) in [6.07, 6.45) is -2.37. The Bertz CT molecular complexity index is 1370. The van der Waals surface area contributed by atoms with E-state index in [4.69, 9.17) is 9.47 Å². The van der Waals surface area contributed by atoms with Crippen molar-refractivity contribution in [1.82, 2.24) is 0 Å². The fourth-order valence-electron chi connectivity index (χ4n) is 4.47. The topological polar surface area (TPSA) is 52.6 Å². The van der Waals surface area contributed by atoms with Gasteiger partial charge >= 0.3 is 11.9 Å². The van der Waals surface area contributed by atoms with Crippen LogP contribution in [0.1, 0.15) is 27.6 Å². The molecule has 1 fully saturated rings. The van der Waals surface area contributed by atoms with Crippen molar-refractivity contribution in [1.29, 1.82) is 0 Å². The molecule has 38 heavy (non-hydrogen) atoms. The molecule has 0 radical (unpaired) electrons. The molecule has 4 aromatic carbocycles. The number of halogens is 1. The van der Waals surface area contributed by atoms with Crippen LogP contribution in [0, 0.1) is 0 Å².